The van der Waals surface area contributed by atoms with Crippen LogP contribution in [0.25, 0.3) is 0 Å². The van der Waals surface area contributed by atoms with Gasteiger partial charge in [0.2, 0.25) is 5.91 Å². The Morgan fingerprint density at radius 3 is 2.36 bits per heavy atom. The van der Waals surface area contributed by atoms with Gasteiger partial charge in [0, 0.05) is 25.5 Å². The van der Waals surface area contributed by atoms with Crippen molar-refractivity contribution in [2.75, 3.05) is 27.8 Å². The van der Waals surface area contributed by atoms with E-state index in [1.807, 2.05) is 25.1 Å². The third-order valence-corrected chi connectivity index (χ3v) is 4.68. The first-order chi connectivity index (χ1) is 13.4. The Hall–Kier alpha value is -2.86. The molecule has 0 aromatic heterocycles. The normalized spacial score (nSPS) is 11.6. The Morgan fingerprint density at radius 2 is 1.71 bits per heavy atom. The molecule has 1 amide bonds. The first-order valence-corrected chi connectivity index (χ1v) is 9.10. The molecule has 1 N–H and O–H groups in total. The Kier molecular flexibility index (Phi) is 7.58. The van der Waals surface area contributed by atoms with Crippen LogP contribution in [0.1, 0.15) is 40.4 Å². The number of ketones is 1. The summed E-state index contributed by atoms with van der Waals surface area (Å²) in [6, 6.07) is 12.5. The number of rotatable bonds is 9. The van der Waals surface area contributed by atoms with Gasteiger partial charge in [0.25, 0.3) is 0 Å². The number of aliphatic hydroxyl groups excluding tert-OH is 1. The number of hydrogen-bond acceptors (Lipinski definition) is 5. The lowest BCUT2D eigenvalue weighted by molar-refractivity contribution is -0.131. The number of carbonyl (C=O) groups is 2. The van der Waals surface area contributed by atoms with Crippen LogP contribution in [0.3, 0.4) is 0 Å². The van der Waals surface area contributed by atoms with Crippen LogP contribution >= 0.6 is 0 Å². The van der Waals surface area contributed by atoms with E-state index in [-0.39, 0.29) is 31.1 Å². The number of hydrogen-bond donors (Lipinski definition) is 1. The average molecular weight is 385 g/mol. The zero-order valence-corrected chi connectivity index (χ0v) is 16.8. The van der Waals surface area contributed by atoms with E-state index in [4.69, 9.17) is 9.47 Å². The number of benzene rings is 2. The number of likely N-dealkylation sites (N-methyl/N-ethyl adjacent to an activating group) is 1. The number of aryl methyl sites for hydroxylation is 1. The maximum absolute atomic E-state index is 12.4. The van der Waals surface area contributed by atoms with Gasteiger partial charge in [0.1, 0.15) is 0 Å². The van der Waals surface area contributed by atoms with Crippen molar-refractivity contribution in [3.8, 4) is 11.5 Å². The first kappa shape index (κ1) is 21.4. The summed E-state index contributed by atoms with van der Waals surface area (Å²) in [5.41, 5.74) is 2.16. The molecule has 0 spiro atoms. The lowest BCUT2D eigenvalue weighted by Gasteiger charge is -2.22. The Morgan fingerprint density at radius 1 is 1.04 bits per heavy atom. The number of amides is 1. The van der Waals surface area contributed by atoms with Crippen molar-refractivity contribution < 1.29 is 24.2 Å². The largest absolute Gasteiger partial charge is 0.493 e. The van der Waals surface area contributed by atoms with E-state index < -0.39 is 6.10 Å². The SMILES string of the molecule is COc1ccc(C(O)CN(C)C(=O)CCC(=O)c2ccccc2C)cc1OC. The fraction of sp³-hybridized carbons (Fsp3) is 0.364. The lowest BCUT2D eigenvalue weighted by Crippen LogP contribution is -2.31. The highest BCUT2D eigenvalue weighted by molar-refractivity contribution is 5.99. The van der Waals surface area contributed by atoms with Crippen LogP contribution in [-0.4, -0.2) is 49.5 Å². The lowest BCUT2D eigenvalue weighted by atomic mass is 10.0. The summed E-state index contributed by atoms with van der Waals surface area (Å²) in [6.45, 7) is 1.99. The minimum atomic E-state index is -0.874. The van der Waals surface area contributed by atoms with Crippen LogP contribution in [0, 0.1) is 6.92 Å². The maximum Gasteiger partial charge on any atom is 0.222 e. The summed E-state index contributed by atoms with van der Waals surface area (Å²) in [4.78, 5) is 26.1. The molecule has 0 fully saturated rings. The van der Waals surface area contributed by atoms with Gasteiger partial charge in [-0.2, -0.15) is 0 Å². The molecule has 0 aliphatic rings. The second-order valence-electron chi connectivity index (χ2n) is 6.64. The minimum absolute atomic E-state index is 0.0553. The van der Waals surface area contributed by atoms with Crippen molar-refractivity contribution in [2.24, 2.45) is 0 Å². The van der Waals surface area contributed by atoms with Crippen molar-refractivity contribution in [1.82, 2.24) is 4.90 Å². The highest BCUT2D eigenvalue weighted by Gasteiger charge is 2.18. The standard InChI is InChI=1S/C22H27NO5/c1-15-7-5-6-8-17(15)18(24)10-12-22(26)23(2)14-19(25)16-9-11-20(27-3)21(13-16)28-4/h5-9,11,13,19,25H,10,12,14H2,1-4H3. The molecule has 0 heterocycles. The molecular formula is C22H27NO5. The summed E-state index contributed by atoms with van der Waals surface area (Å²) in [6.07, 6.45) is -0.635. The number of ether oxygens (including phenoxy) is 2. The number of carbonyl (C=O) groups excluding carboxylic acids is 2. The second-order valence-corrected chi connectivity index (χ2v) is 6.64. The molecule has 2 aromatic carbocycles. The van der Waals surface area contributed by atoms with Gasteiger partial charge in [-0.3, -0.25) is 9.59 Å². The maximum atomic E-state index is 12.4. The van der Waals surface area contributed by atoms with Crippen LogP contribution < -0.4 is 9.47 Å². The molecule has 2 aromatic rings. The van der Waals surface area contributed by atoms with Gasteiger partial charge >= 0.3 is 0 Å². The zero-order chi connectivity index (χ0) is 20.7. The van der Waals surface area contributed by atoms with E-state index in [2.05, 4.69) is 0 Å². The molecule has 0 saturated carbocycles. The van der Waals surface area contributed by atoms with Crippen molar-refractivity contribution in [3.05, 3.63) is 59.2 Å². The molecule has 1 atom stereocenters. The van der Waals surface area contributed by atoms with Crippen LogP contribution in [0.4, 0.5) is 0 Å². The third kappa shape index (κ3) is 5.33. The summed E-state index contributed by atoms with van der Waals surface area (Å²) >= 11 is 0. The Balaban J connectivity index is 1.93. The fourth-order valence-electron chi connectivity index (χ4n) is 2.96. The molecule has 6 heteroatoms. The Labute approximate surface area is 165 Å². The Bertz CT molecular complexity index is 833. The molecule has 0 saturated heterocycles. The van der Waals surface area contributed by atoms with Gasteiger partial charge in [-0.15, -0.1) is 0 Å². The highest BCUT2D eigenvalue weighted by Crippen LogP contribution is 2.30. The predicted molar refractivity (Wildman–Crippen MR) is 107 cm³/mol. The minimum Gasteiger partial charge on any atom is -0.493 e. The number of Topliss-reactive ketones (excluding diaryl/α,β-unsaturated/α-hetero) is 1. The van der Waals surface area contributed by atoms with Gasteiger partial charge in [-0.1, -0.05) is 30.3 Å². The third-order valence-electron chi connectivity index (χ3n) is 4.68. The topological polar surface area (TPSA) is 76.1 Å². The van der Waals surface area contributed by atoms with Gasteiger partial charge in [-0.05, 0) is 30.2 Å². The molecule has 0 bridgehead atoms. The summed E-state index contributed by atoms with van der Waals surface area (Å²) < 4.78 is 10.4. The van der Waals surface area contributed by atoms with E-state index in [9.17, 15) is 14.7 Å². The van der Waals surface area contributed by atoms with Crippen molar-refractivity contribution in [1.29, 1.82) is 0 Å². The van der Waals surface area contributed by atoms with Gasteiger partial charge < -0.3 is 19.5 Å². The molecule has 28 heavy (non-hydrogen) atoms. The average Bonchev–Trinajstić information content (AvgIpc) is 2.71. The number of aliphatic hydroxyl groups is 1. The van der Waals surface area contributed by atoms with E-state index in [1.54, 1.807) is 38.4 Å². The van der Waals surface area contributed by atoms with Crippen LogP contribution in [0.2, 0.25) is 0 Å². The zero-order valence-electron chi connectivity index (χ0n) is 16.8. The molecule has 0 aliphatic carbocycles. The van der Waals surface area contributed by atoms with Gasteiger partial charge in [-0.25, -0.2) is 0 Å². The highest BCUT2D eigenvalue weighted by atomic mass is 16.5. The van der Waals surface area contributed by atoms with Crippen LogP contribution in [0.5, 0.6) is 11.5 Å². The van der Waals surface area contributed by atoms with Crippen LogP contribution in [0.15, 0.2) is 42.5 Å². The van der Waals surface area contributed by atoms with Crippen molar-refractivity contribution >= 4 is 11.7 Å². The van der Waals surface area contributed by atoms with E-state index in [1.165, 1.54) is 12.0 Å². The van der Waals surface area contributed by atoms with E-state index >= 15 is 0 Å². The molecule has 2 rings (SSSR count). The summed E-state index contributed by atoms with van der Waals surface area (Å²) in [5.74, 6) is 0.830. The molecule has 0 radical (unpaired) electrons. The number of nitrogens with zero attached hydrogens (tertiary/aromatic N) is 1. The van der Waals surface area contributed by atoms with E-state index in [0.717, 1.165) is 5.56 Å². The molecule has 6 nitrogen and oxygen atoms in total. The van der Waals surface area contributed by atoms with Crippen molar-refractivity contribution in [3.63, 3.8) is 0 Å². The van der Waals surface area contributed by atoms with E-state index in [0.29, 0.717) is 22.6 Å². The van der Waals surface area contributed by atoms with Crippen molar-refractivity contribution in [2.45, 2.75) is 25.9 Å². The summed E-state index contributed by atoms with van der Waals surface area (Å²) in [7, 11) is 4.68. The monoisotopic (exact) mass is 385 g/mol. The fourth-order valence-corrected chi connectivity index (χ4v) is 2.96. The van der Waals surface area contributed by atoms with Crippen LogP contribution in [-0.2, 0) is 4.79 Å². The van der Waals surface area contributed by atoms with Gasteiger partial charge in [0.15, 0.2) is 17.3 Å². The molecular weight excluding hydrogens is 358 g/mol. The molecule has 1 unspecified atom stereocenters. The summed E-state index contributed by atoms with van der Waals surface area (Å²) in [5, 5.41) is 10.5. The second kappa shape index (κ2) is 9.90. The molecule has 150 valence electrons. The van der Waals surface area contributed by atoms with Gasteiger partial charge in [0.05, 0.1) is 26.9 Å². The first-order valence-electron chi connectivity index (χ1n) is 9.10. The molecule has 0 aliphatic heterocycles. The smallest absolute Gasteiger partial charge is 0.222 e. The quantitative estimate of drug-likeness (QED) is 0.671. The number of methoxy groups -OCH3 is 2. The predicted octanol–water partition coefficient (Wildman–Crippen LogP) is 3.17.